The van der Waals surface area contributed by atoms with Crippen LogP contribution >= 0.6 is 12.2 Å². The van der Waals surface area contributed by atoms with E-state index >= 15 is 0 Å². The zero-order valence-electron chi connectivity index (χ0n) is 10.2. The van der Waals surface area contributed by atoms with Crippen molar-refractivity contribution in [2.24, 2.45) is 11.1 Å². The molecule has 1 aliphatic rings. The summed E-state index contributed by atoms with van der Waals surface area (Å²) in [5.74, 6) is 1.66. The van der Waals surface area contributed by atoms with Gasteiger partial charge < -0.3 is 10.6 Å². The largest absolute Gasteiger partial charge is 0.393 e. The van der Waals surface area contributed by atoms with Gasteiger partial charge in [0.05, 0.1) is 4.99 Å². The minimum absolute atomic E-state index is 0.0338. The Kier molecular flexibility index (Phi) is 5.34. The average Bonchev–Trinajstić information content (AvgIpc) is 2.20. The van der Waals surface area contributed by atoms with Crippen molar-refractivity contribution >= 4 is 28.0 Å². The fourth-order valence-corrected chi connectivity index (χ4v) is 3.00. The SMILES string of the molecule is CC(C)(CCCN1CCS(=O)CC1)C(N)=S. The predicted octanol–water partition coefficient (Wildman–Crippen LogP) is 1.14. The lowest BCUT2D eigenvalue weighted by Gasteiger charge is -2.28. The minimum Gasteiger partial charge on any atom is -0.393 e. The van der Waals surface area contributed by atoms with Crippen LogP contribution in [0.5, 0.6) is 0 Å². The number of hydrogen-bond donors (Lipinski definition) is 1. The highest BCUT2D eigenvalue weighted by molar-refractivity contribution is 7.85. The fourth-order valence-electron chi connectivity index (χ4n) is 1.77. The molecular weight excluding hydrogens is 240 g/mol. The number of nitrogens with two attached hydrogens (primary N) is 1. The van der Waals surface area contributed by atoms with E-state index in [1.54, 1.807) is 0 Å². The van der Waals surface area contributed by atoms with Crippen LogP contribution in [0, 0.1) is 5.41 Å². The van der Waals surface area contributed by atoms with Gasteiger partial charge in [0.15, 0.2) is 0 Å². The molecule has 0 radical (unpaired) electrons. The Bertz CT molecular complexity index is 269. The molecule has 2 N–H and O–H groups in total. The van der Waals surface area contributed by atoms with Crippen LogP contribution in [0.1, 0.15) is 26.7 Å². The monoisotopic (exact) mass is 262 g/mol. The zero-order valence-corrected chi connectivity index (χ0v) is 11.8. The topological polar surface area (TPSA) is 46.3 Å². The second-order valence-electron chi connectivity index (χ2n) is 5.04. The molecule has 0 spiro atoms. The molecule has 0 aromatic heterocycles. The molecule has 0 bridgehead atoms. The van der Waals surface area contributed by atoms with Crippen LogP contribution in [0.2, 0.25) is 0 Å². The third-order valence-electron chi connectivity index (χ3n) is 3.21. The summed E-state index contributed by atoms with van der Waals surface area (Å²) in [4.78, 5) is 2.99. The van der Waals surface area contributed by atoms with Gasteiger partial charge in [-0.3, -0.25) is 4.21 Å². The van der Waals surface area contributed by atoms with Gasteiger partial charge in [-0.2, -0.15) is 0 Å². The summed E-state index contributed by atoms with van der Waals surface area (Å²) in [6.45, 7) is 7.21. The van der Waals surface area contributed by atoms with Crippen molar-refractivity contribution in [3.8, 4) is 0 Å². The maximum Gasteiger partial charge on any atom is 0.0784 e. The van der Waals surface area contributed by atoms with Crippen molar-refractivity contribution in [3.63, 3.8) is 0 Å². The van der Waals surface area contributed by atoms with Crippen LogP contribution in [0.15, 0.2) is 0 Å². The van der Waals surface area contributed by atoms with Crippen LogP contribution in [0.3, 0.4) is 0 Å². The zero-order chi connectivity index (χ0) is 12.2. The van der Waals surface area contributed by atoms with Crippen molar-refractivity contribution < 1.29 is 4.21 Å². The molecule has 1 fully saturated rings. The second kappa shape index (κ2) is 6.07. The highest BCUT2D eigenvalue weighted by Gasteiger charge is 2.21. The molecule has 16 heavy (non-hydrogen) atoms. The van der Waals surface area contributed by atoms with E-state index in [9.17, 15) is 4.21 Å². The molecule has 0 aromatic carbocycles. The predicted molar refractivity (Wildman–Crippen MR) is 74.1 cm³/mol. The van der Waals surface area contributed by atoms with E-state index in [0.717, 1.165) is 44.0 Å². The molecule has 94 valence electrons. The molecular formula is C11H22N2OS2. The van der Waals surface area contributed by atoms with Crippen LogP contribution < -0.4 is 5.73 Å². The van der Waals surface area contributed by atoms with Gasteiger partial charge in [0.2, 0.25) is 0 Å². The molecule has 3 nitrogen and oxygen atoms in total. The van der Waals surface area contributed by atoms with E-state index < -0.39 is 10.8 Å². The second-order valence-corrected chi connectivity index (χ2v) is 7.18. The van der Waals surface area contributed by atoms with Crippen LogP contribution in [0.25, 0.3) is 0 Å². The van der Waals surface area contributed by atoms with Crippen LogP contribution in [-0.2, 0) is 10.8 Å². The summed E-state index contributed by atoms with van der Waals surface area (Å²) in [6, 6.07) is 0. The first-order valence-electron chi connectivity index (χ1n) is 5.79. The molecule has 1 saturated heterocycles. The van der Waals surface area contributed by atoms with Crippen molar-refractivity contribution in [2.75, 3.05) is 31.1 Å². The van der Waals surface area contributed by atoms with Gasteiger partial charge in [0.25, 0.3) is 0 Å². The first kappa shape index (κ1) is 14.1. The molecule has 0 atom stereocenters. The molecule has 0 amide bonds. The molecule has 5 heteroatoms. The molecule has 0 saturated carbocycles. The van der Waals surface area contributed by atoms with E-state index in [2.05, 4.69) is 18.7 Å². The maximum atomic E-state index is 11.2. The number of thiocarbonyl (C=S) groups is 1. The molecule has 0 aromatic rings. The van der Waals surface area contributed by atoms with Gasteiger partial charge in [-0.1, -0.05) is 26.1 Å². The number of nitrogens with zero attached hydrogens (tertiary/aromatic N) is 1. The summed E-state index contributed by atoms with van der Waals surface area (Å²) in [5.41, 5.74) is 5.65. The van der Waals surface area contributed by atoms with Crippen molar-refractivity contribution in [1.29, 1.82) is 0 Å². The number of hydrogen-bond acceptors (Lipinski definition) is 3. The van der Waals surface area contributed by atoms with Crippen molar-refractivity contribution in [3.05, 3.63) is 0 Å². The Labute approximate surface area is 106 Å². The first-order valence-corrected chi connectivity index (χ1v) is 7.69. The van der Waals surface area contributed by atoms with E-state index in [1.807, 2.05) is 0 Å². The van der Waals surface area contributed by atoms with Gasteiger partial charge in [-0.05, 0) is 19.4 Å². The Morgan fingerprint density at radius 3 is 2.50 bits per heavy atom. The normalized spacial score (nSPS) is 19.9. The highest BCUT2D eigenvalue weighted by Crippen LogP contribution is 2.22. The quantitative estimate of drug-likeness (QED) is 0.755. The van der Waals surface area contributed by atoms with E-state index in [1.165, 1.54) is 0 Å². The maximum absolute atomic E-state index is 11.2. The molecule has 1 heterocycles. The fraction of sp³-hybridized carbons (Fsp3) is 0.909. The van der Waals surface area contributed by atoms with Gasteiger partial charge in [-0.25, -0.2) is 0 Å². The third-order valence-corrected chi connectivity index (χ3v) is 5.04. The smallest absolute Gasteiger partial charge is 0.0784 e. The molecule has 0 aliphatic carbocycles. The number of rotatable bonds is 5. The average molecular weight is 262 g/mol. The summed E-state index contributed by atoms with van der Waals surface area (Å²) >= 11 is 5.04. The van der Waals surface area contributed by atoms with Gasteiger partial charge in [0.1, 0.15) is 0 Å². The summed E-state index contributed by atoms with van der Waals surface area (Å²) in [7, 11) is -0.573. The lowest BCUT2D eigenvalue weighted by atomic mass is 9.88. The molecule has 1 aliphatic heterocycles. The van der Waals surface area contributed by atoms with Crippen LogP contribution in [-0.4, -0.2) is 45.2 Å². The van der Waals surface area contributed by atoms with Crippen molar-refractivity contribution in [1.82, 2.24) is 4.90 Å². The van der Waals surface area contributed by atoms with Gasteiger partial charge >= 0.3 is 0 Å². The Balaban J connectivity index is 2.21. The lowest BCUT2D eigenvalue weighted by Crippen LogP contribution is -2.39. The van der Waals surface area contributed by atoms with E-state index in [0.29, 0.717) is 4.99 Å². The molecule has 0 unspecified atom stereocenters. The Morgan fingerprint density at radius 2 is 2.00 bits per heavy atom. The van der Waals surface area contributed by atoms with E-state index in [-0.39, 0.29) is 5.41 Å². The molecule has 1 rings (SSSR count). The Hall–Kier alpha value is -0.0000000000000000278. The summed E-state index contributed by atoms with van der Waals surface area (Å²) < 4.78 is 11.2. The van der Waals surface area contributed by atoms with E-state index in [4.69, 9.17) is 18.0 Å². The first-order chi connectivity index (χ1) is 7.42. The highest BCUT2D eigenvalue weighted by atomic mass is 32.2. The summed E-state index contributed by atoms with van der Waals surface area (Å²) in [5, 5.41) is 0. The lowest BCUT2D eigenvalue weighted by molar-refractivity contribution is 0.279. The van der Waals surface area contributed by atoms with Crippen molar-refractivity contribution in [2.45, 2.75) is 26.7 Å². The minimum atomic E-state index is -0.573. The van der Waals surface area contributed by atoms with Crippen LogP contribution in [0.4, 0.5) is 0 Å². The Morgan fingerprint density at radius 1 is 1.44 bits per heavy atom. The van der Waals surface area contributed by atoms with Gasteiger partial charge in [0, 0.05) is 40.8 Å². The third kappa shape index (κ3) is 4.47. The standard InChI is InChI=1S/C11H22N2OS2/c1-11(2,10(12)15)4-3-5-13-6-8-16(14)9-7-13/h3-9H2,1-2H3,(H2,12,15). The summed E-state index contributed by atoms with van der Waals surface area (Å²) in [6.07, 6.45) is 2.14. The van der Waals surface area contributed by atoms with Gasteiger partial charge in [-0.15, -0.1) is 0 Å².